The molecular formula is C21H24N2O5S. The maximum absolute atomic E-state index is 13.0. The molecule has 1 aliphatic heterocycles. The molecule has 4 rings (SSSR count). The zero-order chi connectivity index (χ0) is 20.6. The SMILES string of the molecule is C[C@H]1C[C@H]1C(=O)OCC(=O)N1CCN(S(=O)(=O)c2ccc3ccccc3c2)CC1. The second-order valence-electron chi connectivity index (χ2n) is 7.72. The first kappa shape index (κ1) is 19.8. The van der Waals surface area contributed by atoms with Gasteiger partial charge in [-0.05, 0) is 35.2 Å². The van der Waals surface area contributed by atoms with E-state index >= 15 is 0 Å². The van der Waals surface area contributed by atoms with E-state index in [9.17, 15) is 18.0 Å². The average molecular weight is 416 g/mol. The van der Waals surface area contributed by atoms with Crippen LogP contribution in [0.2, 0.25) is 0 Å². The van der Waals surface area contributed by atoms with E-state index in [0.29, 0.717) is 5.92 Å². The summed E-state index contributed by atoms with van der Waals surface area (Å²) in [5, 5.41) is 1.85. The lowest BCUT2D eigenvalue weighted by Gasteiger charge is -2.33. The molecule has 1 amide bonds. The second kappa shape index (κ2) is 7.76. The van der Waals surface area contributed by atoms with Gasteiger partial charge in [-0.3, -0.25) is 9.59 Å². The van der Waals surface area contributed by atoms with Gasteiger partial charge in [0.05, 0.1) is 10.8 Å². The van der Waals surface area contributed by atoms with Gasteiger partial charge < -0.3 is 9.64 Å². The van der Waals surface area contributed by atoms with Crippen molar-refractivity contribution in [3.05, 3.63) is 42.5 Å². The quantitative estimate of drug-likeness (QED) is 0.695. The van der Waals surface area contributed by atoms with Crippen LogP contribution in [0.1, 0.15) is 13.3 Å². The number of piperazine rings is 1. The number of fused-ring (bicyclic) bond motifs is 1. The smallest absolute Gasteiger partial charge is 0.309 e. The van der Waals surface area contributed by atoms with Crippen molar-refractivity contribution in [1.82, 2.24) is 9.21 Å². The van der Waals surface area contributed by atoms with Crippen molar-refractivity contribution < 1.29 is 22.7 Å². The molecule has 0 radical (unpaired) electrons. The Morgan fingerprint density at radius 2 is 1.69 bits per heavy atom. The van der Waals surface area contributed by atoms with E-state index in [1.807, 2.05) is 31.2 Å². The summed E-state index contributed by atoms with van der Waals surface area (Å²) in [6, 6.07) is 12.7. The summed E-state index contributed by atoms with van der Waals surface area (Å²) in [5.41, 5.74) is 0. The van der Waals surface area contributed by atoms with Crippen LogP contribution in [0.15, 0.2) is 47.4 Å². The minimum absolute atomic E-state index is 0.0771. The number of ether oxygens (including phenoxy) is 1. The molecule has 1 heterocycles. The van der Waals surface area contributed by atoms with Crippen LogP contribution in [-0.2, 0) is 24.3 Å². The molecule has 1 aliphatic carbocycles. The Labute approximate surface area is 170 Å². The van der Waals surface area contributed by atoms with Gasteiger partial charge in [0.25, 0.3) is 5.91 Å². The fraction of sp³-hybridized carbons (Fsp3) is 0.429. The number of amides is 1. The highest BCUT2D eigenvalue weighted by Gasteiger charge is 2.41. The highest BCUT2D eigenvalue weighted by Crippen LogP contribution is 2.38. The van der Waals surface area contributed by atoms with Crippen molar-refractivity contribution >= 4 is 32.7 Å². The van der Waals surface area contributed by atoms with Gasteiger partial charge in [-0.1, -0.05) is 37.3 Å². The second-order valence-corrected chi connectivity index (χ2v) is 9.66. The normalized spacial score (nSPS) is 22.4. The van der Waals surface area contributed by atoms with E-state index in [-0.39, 0.29) is 55.5 Å². The molecule has 1 saturated carbocycles. The minimum Gasteiger partial charge on any atom is -0.455 e. The molecule has 1 saturated heterocycles. The van der Waals surface area contributed by atoms with Crippen LogP contribution < -0.4 is 0 Å². The number of benzene rings is 2. The third-order valence-electron chi connectivity index (χ3n) is 5.70. The van der Waals surface area contributed by atoms with Gasteiger partial charge in [0.15, 0.2) is 6.61 Å². The Bertz CT molecular complexity index is 1040. The summed E-state index contributed by atoms with van der Waals surface area (Å²) in [6.45, 7) is 2.69. The summed E-state index contributed by atoms with van der Waals surface area (Å²) in [4.78, 5) is 25.8. The number of rotatable bonds is 5. The van der Waals surface area contributed by atoms with E-state index in [2.05, 4.69) is 0 Å². The van der Waals surface area contributed by atoms with Gasteiger partial charge in [0.1, 0.15) is 0 Å². The molecule has 2 aromatic carbocycles. The van der Waals surface area contributed by atoms with E-state index in [4.69, 9.17) is 4.74 Å². The first-order valence-electron chi connectivity index (χ1n) is 9.79. The van der Waals surface area contributed by atoms with Gasteiger partial charge in [0.2, 0.25) is 10.0 Å². The molecule has 7 nitrogen and oxygen atoms in total. The van der Waals surface area contributed by atoms with E-state index in [0.717, 1.165) is 17.2 Å². The van der Waals surface area contributed by atoms with Gasteiger partial charge in [-0.25, -0.2) is 8.42 Å². The fourth-order valence-electron chi connectivity index (χ4n) is 3.64. The van der Waals surface area contributed by atoms with Crippen LogP contribution in [0, 0.1) is 11.8 Å². The molecule has 0 spiro atoms. The Morgan fingerprint density at radius 3 is 2.34 bits per heavy atom. The third kappa shape index (κ3) is 4.13. The van der Waals surface area contributed by atoms with Gasteiger partial charge in [-0.15, -0.1) is 0 Å². The Hall–Kier alpha value is -2.45. The van der Waals surface area contributed by atoms with Gasteiger partial charge in [0, 0.05) is 26.2 Å². The highest BCUT2D eigenvalue weighted by atomic mass is 32.2. The van der Waals surface area contributed by atoms with Crippen molar-refractivity contribution in [3.8, 4) is 0 Å². The van der Waals surface area contributed by atoms with Crippen molar-refractivity contribution in [3.63, 3.8) is 0 Å². The first-order chi connectivity index (χ1) is 13.9. The van der Waals surface area contributed by atoms with Crippen LogP contribution in [0.3, 0.4) is 0 Å². The molecule has 0 bridgehead atoms. The van der Waals surface area contributed by atoms with Crippen molar-refractivity contribution in [1.29, 1.82) is 0 Å². The molecule has 2 fully saturated rings. The Morgan fingerprint density at radius 1 is 1.03 bits per heavy atom. The summed E-state index contributed by atoms with van der Waals surface area (Å²) < 4.78 is 32.5. The van der Waals surface area contributed by atoms with Gasteiger partial charge in [-0.2, -0.15) is 4.31 Å². The maximum atomic E-state index is 13.0. The number of hydrogen-bond acceptors (Lipinski definition) is 5. The summed E-state index contributed by atoms with van der Waals surface area (Å²) in [5.74, 6) is -0.342. The minimum atomic E-state index is -3.63. The predicted octanol–water partition coefficient (Wildman–Crippen LogP) is 1.87. The summed E-state index contributed by atoms with van der Waals surface area (Å²) in [7, 11) is -3.63. The van der Waals surface area contributed by atoms with E-state index < -0.39 is 10.0 Å². The first-order valence-corrected chi connectivity index (χ1v) is 11.2. The van der Waals surface area contributed by atoms with Crippen LogP contribution >= 0.6 is 0 Å². The molecule has 29 heavy (non-hydrogen) atoms. The van der Waals surface area contributed by atoms with E-state index in [1.165, 1.54) is 4.31 Å². The van der Waals surface area contributed by atoms with Gasteiger partial charge >= 0.3 is 5.97 Å². The molecule has 2 aromatic rings. The van der Waals surface area contributed by atoms with Crippen molar-refractivity contribution in [2.45, 2.75) is 18.2 Å². The summed E-state index contributed by atoms with van der Waals surface area (Å²) >= 11 is 0. The zero-order valence-electron chi connectivity index (χ0n) is 16.3. The van der Waals surface area contributed by atoms with Crippen LogP contribution in [0.5, 0.6) is 0 Å². The summed E-state index contributed by atoms with van der Waals surface area (Å²) in [6.07, 6.45) is 0.818. The standard InChI is InChI=1S/C21H24N2O5S/c1-15-12-19(15)21(25)28-14-20(24)22-8-10-23(11-9-22)29(26,27)18-7-6-16-4-2-3-5-17(16)13-18/h2-7,13,15,19H,8-12,14H2,1H3/t15-,19+/m0/s1. The molecule has 2 aliphatic rings. The monoisotopic (exact) mass is 416 g/mol. The lowest BCUT2D eigenvalue weighted by Crippen LogP contribution is -2.51. The number of carbonyl (C=O) groups is 2. The van der Waals surface area contributed by atoms with Crippen LogP contribution in [0.25, 0.3) is 10.8 Å². The molecule has 2 atom stereocenters. The van der Waals surface area contributed by atoms with Crippen LogP contribution in [-0.4, -0.2) is 62.3 Å². The molecular weight excluding hydrogens is 392 g/mol. The average Bonchev–Trinajstić information content (AvgIpc) is 3.48. The number of carbonyl (C=O) groups excluding carboxylic acids is 2. The predicted molar refractivity (Wildman–Crippen MR) is 108 cm³/mol. The zero-order valence-corrected chi connectivity index (χ0v) is 17.1. The third-order valence-corrected chi connectivity index (χ3v) is 7.59. The maximum Gasteiger partial charge on any atom is 0.309 e. The highest BCUT2D eigenvalue weighted by molar-refractivity contribution is 7.89. The molecule has 8 heteroatoms. The number of esters is 1. The lowest BCUT2D eigenvalue weighted by atomic mass is 10.1. The Balaban J connectivity index is 1.35. The van der Waals surface area contributed by atoms with E-state index in [1.54, 1.807) is 23.1 Å². The van der Waals surface area contributed by atoms with Crippen molar-refractivity contribution in [2.24, 2.45) is 11.8 Å². The number of hydrogen-bond donors (Lipinski definition) is 0. The largest absolute Gasteiger partial charge is 0.455 e. The molecule has 154 valence electrons. The topological polar surface area (TPSA) is 84.0 Å². The molecule has 0 unspecified atom stereocenters. The number of sulfonamides is 1. The fourth-order valence-corrected chi connectivity index (χ4v) is 5.09. The van der Waals surface area contributed by atoms with Crippen molar-refractivity contribution in [2.75, 3.05) is 32.8 Å². The van der Waals surface area contributed by atoms with Crippen LogP contribution in [0.4, 0.5) is 0 Å². The molecule has 0 aromatic heterocycles. The Kier molecular flexibility index (Phi) is 5.31. The molecule has 0 N–H and O–H groups in total. The lowest BCUT2D eigenvalue weighted by molar-refractivity contribution is -0.153. The number of nitrogens with zero attached hydrogens (tertiary/aromatic N) is 2.